The van der Waals surface area contributed by atoms with Crippen molar-refractivity contribution in [1.82, 2.24) is 9.83 Å². The standard InChI is InChI=1S/C20H13F2N3O3/c1-11-2-7-18-25(11)17-9-13(4-5-14(17)20(27)28-18)19(26)24-23-10-12-3-6-15(21)16(22)8-12/h2-10H,1H3,(H,24,26)/b23-10+. The van der Waals surface area contributed by atoms with Gasteiger partial charge in [0.15, 0.2) is 11.6 Å². The van der Waals surface area contributed by atoms with Crippen molar-refractivity contribution < 1.29 is 18.0 Å². The Morgan fingerprint density at radius 2 is 1.93 bits per heavy atom. The average molecular weight is 381 g/mol. The first-order valence-corrected chi connectivity index (χ1v) is 8.27. The second-order valence-corrected chi connectivity index (χ2v) is 6.14. The van der Waals surface area contributed by atoms with E-state index in [1.54, 1.807) is 22.6 Å². The molecule has 2 aromatic heterocycles. The second kappa shape index (κ2) is 6.73. The molecule has 0 fully saturated rings. The molecule has 1 amide bonds. The van der Waals surface area contributed by atoms with Gasteiger partial charge in [0.05, 0.1) is 17.1 Å². The van der Waals surface area contributed by atoms with Gasteiger partial charge in [-0.3, -0.25) is 9.20 Å². The maximum atomic E-state index is 13.2. The summed E-state index contributed by atoms with van der Waals surface area (Å²) < 4.78 is 33.1. The van der Waals surface area contributed by atoms with Crippen molar-refractivity contribution in [2.45, 2.75) is 6.92 Å². The number of fused-ring (bicyclic) bond motifs is 3. The van der Waals surface area contributed by atoms with E-state index in [9.17, 15) is 18.4 Å². The fourth-order valence-corrected chi connectivity index (χ4v) is 2.91. The molecule has 1 N–H and O–H groups in total. The Labute approximate surface area is 156 Å². The maximum absolute atomic E-state index is 13.2. The van der Waals surface area contributed by atoms with Crippen LogP contribution in [0.5, 0.6) is 0 Å². The third-order valence-electron chi connectivity index (χ3n) is 4.28. The average Bonchev–Trinajstić information content (AvgIpc) is 3.05. The minimum atomic E-state index is -1.00. The van der Waals surface area contributed by atoms with Crippen LogP contribution < -0.4 is 11.1 Å². The van der Waals surface area contributed by atoms with Crippen LogP contribution in [0.1, 0.15) is 21.6 Å². The van der Waals surface area contributed by atoms with Gasteiger partial charge in [-0.25, -0.2) is 19.0 Å². The van der Waals surface area contributed by atoms with Crippen LogP contribution in [-0.4, -0.2) is 16.5 Å². The van der Waals surface area contributed by atoms with E-state index in [0.717, 1.165) is 17.8 Å². The summed E-state index contributed by atoms with van der Waals surface area (Å²) in [7, 11) is 0. The van der Waals surface area contributed by atoms with E-state index in [1.807, 2.05) is 6.92 Å². The van der Waals surface area contributed by atoms with Gasteiger partial charge in [-0.15, -0.1) is 0 Å². The Morgan fingerprint density at radius 1 is 1.11 bits per heavy atom. The fourth-order valence-electron chi connectivity index (χ4n) is 2.91. The van der Waals surface area contributed by atoms with E-state index >= 15 is 0 Å². The summed E-state index contributed by atoms with van der Waals surface area (Å²) in [6.45, 7) is 1.85. The van der Waals surface area contributed by atoms with Crippen molar-refractivity contribution in [3.63, 3.8) is 0 Å². The number of amides is 1. The Kier molecular flexibility index (Phi) is 4.23. The summed E-state index contributed by atoms with van der Waals surface area (Å²) in [5, 5.41) is 4.10. The number of carbonyl (C=O) groups excluding carboxylic acids is 1. The number of aryl methyl sites for hydroxylation is 1. The fraction of sp³-hybridized carbons (Fsp3) is 0.0500. The zero-order valence-electron chi connectivity index (χ0n) is 14.6. The molecule has 0 bridgehead atoms. The molecule has 2 heterocycles. The lowest BCUT2D eigenvalue weighted by atomic mass is 10.1. The number of hydrogen-bond acceptors (Lipinski definition) is 4. The van der Waals surface area contributed by atoms with Gasteiger partial charge in [0.25, 0.3) is 5.91 Å². The van der Waals surface area contributed by atoms with Gasteiger partial charge in [-0.2, -0.15) is 5.10 Å². The van der Waals surface area contributed by atoms with Crippen LogP contribution in [0.15, 0.2) is 62.8 Å². The molecule has 6 nitrogen and oxygen atoms in total. The van der Waals surface area contributed by atoms with Crippen molar-refractivity contribution in [3.8, 4) is 0 Å². The number of halogens is 2. The molecule has 8 heteroatoms. The highest BCUT2D eigenvalue weighted by Gasteiger charge is 2.12. The number of nitrogens with zero attached hydrogens (tertiary/aromatic N) is 2. The molecule has 0 aliphatic rings. The third-order valence-corrected chi connectivity index (χ3v) is 4.28. The van der Waals surface area contributed by atoms with E-state index in [1.165, 1.54) is 24.4 Å². The molecule has 4 rings (SSSR count). The number of aromatic nitrogens is 1. The van der Waals surface area contributed by atoms with Crippen molar-refractivity contribution >= 4 is 28.7 Å². The minimum absolute atomic E-state index is 0.273. The van der Waals surface area contributed by atoms with Crippen LogP contribution in [0.4, 0.5) is 8.78 Å². The summed E-state index contributed by atoms with van der Waals surface area (Å²) >= 11 is 0. The van der Waals surface area contributed by atoms with Gasteiger partial charge in [-0.1, -0.05) is 6.07 Å². The van der Waals surface area contributed by atoms with Crippen LogP contribution in [-0.2, 0) is 0 Å². The van der Waals surface area contributed by atoms with Crippen LogP contribution in [0.2, 0.25) is 0 Å². The number of hydrazone groups is 1. The molecule has 0 atom stereocenters. The zero-order chi connectivity index (χ0) is 19.8. The van der Waals surface area contributed by atoms with Crippen LogP contribution in [0.25, 0.3) is 16.6 Å². The van der Waals surface area contributed by atoms with Crippen LogP contribution >= 0.6 is 0 Å². The van der Waals surface area contributed by atoms with Gasteiger partial charge in [0.2, 0.25) is 5.71 Å². The number of rotatable bonds is 3. The molecule has 0 radical (unpaired) electrons. The molecular weight excluding hydrogens is 368 g/mol. The molecule has 0 saturated heterocycles. The SMILES string of the molecule is Cc1ccc2oc(=O)c3ccc(C(=O)N/N=C/c4ccc(F)c(F)c4)cc3n12. The number of nitrogens with one attached hydrogen (secondary N) is 1. The van der Waals surface area contributed by atoms with Gasteiger partial charge in [-0.05, 0) is 48.9 Å². The van der Waals surface area contributed by atoms with Gasteiger partial charge < -0.3 is 4.42 Å². The highest BCUT2D eigenvalue weighted by molar-refractivity contribution is 5.98. The molecule has 28 heavy (non-hydrogen) atoms. The van der Waals surface area contributed by atoms with E-state index in [4.69, 9.17) is 4.42 Å². The molecular formula is C20H13F2N3O3. The summed E-state index contributed by atoms with van der Waals surface area (Å²) in [4.78, 5) is 24.5. The summed E-state index contributed by atoms with van der Waals surface area (Å²) in [6.07, 6.45) is 1.20. The molecule has 0 saturated carbocycles. The molecule has 2 aromatic carbocycles. The van der Waals surface area contributed by atoms with E-state index in [2.05, 4.69) is 10.5 Å². The predicted molar refractivity (Wildman–Crippen MR) is 99.6 cm³/mol. The molecule has 0 spiro atoms. The topological polar surface area (TPSA) is 76.1 Å². The summed E-state index contributed by atoms with van der Waals surface area (Å²) in [5.41, 5.74) is 4.15. The Balaban J connectivity index is 1.65. The predicted octanol–water partition coefficient (Wildman–Crippen LogP) is 3.40. The minimum Gasteiger partial charge on any atom is -0.405 e. The quantitative estimate of drug-likeness (QED) is 0.437. The zero-order valence-corrected chi connectivity index (χ0v) is 14.6. The lowest BCUT2D eigenvalue weighted by molar-refractivity contribution is 0.0955. The molecule has 140 valence electrons. The molecule has 4 aromatic rings. The monoisotopic (exact) mass is 381 g/mol. The first-order valence-electron chi connectivity index (χ1n) is 8.27. The summed E-state index contributed by atoms with van der Waals surface area (Å²) in [6, 6.07) is 11.3. The highest BCUT2D eigenvalue weighted by atomic mass is 19.2. The third kappa shape index (κ3) is 3.05. The van der Waals surface area contributed by atoms with E-state index < -0.39 is 23.2 Å². The van der Waals surface area contributed by atoms with Crippen LogP contribution in [0.3, 0.4) is 0 Å². The Bertz CT molecular complexity index is 1320. The molecule has 0 unspecified atom stereocenters. The largest absolute Gasteiger partial charge is 0.405 e. The van der Waals surface area contributed by atoms with Gasteiger partial charge in [0, 0.05) is 17.3 Å². The Morgan fingerprint density at radius 3 is 2.71 bits per heavy atom. The second-order valence-electron chi connectivity index (χ2n) is 6.14. The van der Waals surface area contributed by atoms with Crippen molar-refractivity contribution in [1.29, 1.82) is 0 Å². The van der Waals surface area contributed by atoms with E-state index in [-0.39, 0.29) is 5.56 Å². The summed E-state index contributed by atoms with van der Waals surface area (Å²) in [5.74, 6) is -2.49. The lowest BCUT2D eigenvalue weighted by Gasteiger charge is -2.06. The van der Waals surface area contributed by atoms with Crippen LogP contribution in [0, 0.1) is 18.6 Å². The number of hydrogen-bond donors (Lipinski definition) is 1. The van der Waals surface area contributed by atoms with Gasteiger partial charge in [0.1, 0.15) is 0 Å². The maximum Gasteiger partial charge on any atom is 0.346 e. The molecule has 0 aliphatic heterocycles. The number of benzene rings is 2. The molecule has 0 aliphatic carbocycles. The Hall–Kier alpha value is -3.81. The smallest absolute Gasteiger partial charge is 0.346 e. The number of carbonyl (C=O) groups is 1. The first-order chi connectivity index (χ1) is 13.4. The van der Waals surface area contributed by atoms with E-state index in [0.29, 0.717) is 22.2 Å². The van der Waals surface area contributed by atoms with Crippen molar-refractivity contribution in [3.05, 3.63) is 87.4 Å². The van der Waals surface area contributed by atoms with Crippen molar-refractivity contribution in [2.24, 2.45) is 5.10 Å². The normalized spacial score (nSPS) is 11.5. The first kappa shape index (κ1) is 17.6. The highest BCUT2D eigenvalue weighted by Crippen LogP contribution is 2.18. The van der Waals surface area contributed by atoms with Crippen molar-refractivity contribution in [2.75, 3.05) is 0 Å². The lowest BCUT2D eigenvalue weighted by Crippen LogP contribution is -2.18. The van der Waals surface area contributed by atoms with Gasteiger partial charge >= 0.3 is 5.63 Å².